The first-order valence-corrected chi connectivity index (χ1v) is 13.4. The Morgan fingerprint density at radius 1 is 0.651 bits per heavy atom. The van der Waals surface area contributed by atoms with E-state index in [0.29, 0.717) is 41.7 Å². The number of benzene rings is 4. The molecule has 10 nitrogen and oxygen atoms in total. The number of aromatic carboxylic acids is 2. The molecule has 0 radical (unpaired) electrons. The standard InChI is InChI=1S/C33H32N2O8/c1-33(2,20-41-25-15-11-23(12-16-25)34-30(36)28-9-5-6-10-29(28)32(39)40)21-42-26-17-13-24(14-18-26)35-43-19-22-7-3-4-8-27(22)31(37)38/h3-18,35H,19-21H2,1-2H3,(H,34,36)(H,37,38)(H,39,40). The van der Waals surface area contributed by atoms with Gasteiger partial charge in [-0.1, -0.05) is 44.2 Å². The zero-order valence-electron chi connectivity index (χ0n) is 23.7. The summed E-state index contributed by atoms with van der Waals surface area (Å²) < 4.78 is 11.9. The Morgan fingerprint density at radius 3 is 1.70 bits per heavy atom. The number of hydrogen-bond donors (Lipinski definition) is 4. The van der Waals surface area contributed by atoms with Crippen LogP contribution in [0.4, 0.5) is 11.4 Å². The summed E-state index contributed by atoms with van der Waals surface area (Å²) in [7, 11) is 0. The fourth-order valence-corrected chi connectivity index (χ4v) is 3.97. The first-order chi connectivity index (χ1) is 20.6. The molecular weight excluding hydrogens is 552 g/mol. The molecule has 4 rings (SSSR count). The lowest BCUT2D eigenvalue weighted by Gasteiger charge is -2.25. The van der Waals surface area contributed by atoms with E-state index in [1.165, 1.54) is 18.2 Å². The third-order valence-electron chi connectivity index (χ3n) is 6.29. The third kappa shape index (κ3) is 8.82. The Bertz CT molecular complexity index is 1570. The topological polar surface area (TPSA) is 143 Å². The zero-order valence-corrected chi connectivity index (χ0v) is 23.7. The van der Waals surface area contributed by atoms with Crippen LogP contribution >= 0.6 is 0 Å². The molecule has 0 aromatic heterocycles. The van der Waals surface area contributed by atoms with Gasteiger partial charge in [0.15, 0.2) is 0 Å². The van der Waals surface area contributed by atoms with Crippen molar-refractivity contribution >= 4 is 29.2 Å². The molecule has 0 aliphatic rings. The predicted molar refractivity (Wildman–Crippen MR) is 161 cm³/mol. The molecule has 0 aliphatic carbocycles. The van der Waals surface area contributed by atoms with Crippen molar-refractivity contribution in [2.75, 3.05) is 24.0 Å². The lowest BCUT2D eigenvalue weighted by Crippen LogP contribution is -2.28. The number of hydrogen-bond acceptors (Lipinski definition) is 7. The van der Waals surface area contributed by atoms with E-state index in [4.69, 9.17) is 14.3 Å². The molecule has 0 unspecified atom stereocenters. The third-order valence-corrected chi connectivity index (χ3v) is 6.29. The van der Waals surface area contributed by atoms with Crippen LogP contribution in [-0.2, 0) is 11.4 Å². The number of carbonyl (C=O) groups is 3. The van der Waals surface area contributed by atoms with Crippen molar-refractivity contribution in [3.63, 3.8) is 0 Å². The number of carboxylic acids is 2. The number of nitrogens with one attached hydrogen (secondary N) is 2. The Morgan fingerprint density at radius 2 is 1.14 bits per heavy atom. The molecule has 0 fully saturated rings. The molecule has 4 N–H and O–H groups in total. The van der Waals surface area contributed by atoms with E-state index < -0.39 is 17.8 Å². The van der Waals surface area contributed by atoms with E-state index in [9.17, 15) is 24.6 Å². The van der Waals surface area contributed by atoms with Crippen LogP contribution < -0.4 is 20.3 Å². The average molecular weight is 585 g/mol. The highest BCUT2D eigenvalue weighted by Crippen LogP contribution is 2.24. The van der Waals surface area contributed by atoms with Crippen molar-refractivity contribution in [3.05, 3.63) is 119 Å². The van der Waals surface area contributed by atoms with Gasteiger partial charge in [-0.05, 0) is 72.3 Å². The molecule has 4 aromatic rings. The molecule has 1 amide bonds. The Labute approximate surface area is 248 Å². The van der Waals surface area contributed by atoms with E-state index in [0.717, 1.165) is 0 Å². The van der Waals surface area contributed by atoms with Crippen molar-refractivity contribution in [2.45, 2.75) is 20.5 Å². The normalized spacial score (nSPS) is 10.9. The van der Waals surface area contributed by atoms with E-state index in [1.54, 1.807) is 78.9 Å². The number of ether oxygens (including phenoxy) is 2. The monoisotopic (exact) mass is 584 g/mol. The Hall–Kier alpha value is -5.35. The van der Waals surface area contributed by atoms with Gasteiger partial charge in [0, 0.05) is 11.1 Å². The fraction of sp³-hybridized carbons (Fsp3) is 0.182. The first-order valence-electron chi connectivity index (χ1n) is 13.4. The second-order valence-electron chi connectivity index (χ2n) is 10.4. The van der Waals surface area contributed by atoms with E-state index in [-0.39, 0.29) is 28.7 Å². The average Bonchev–Trinajstić information content (AvgIpc) is 3.00. The molecule has 0 atom stereocenters. The van der Waals surface area contributed by atoms with Crippen LogP contribution in [0.15, 0.2) is 97.1 Å². The lowest BCUT2D eigenvalue weighted by molar-refractivity contribution is 0.0682. The van der Waals surface area contributed by atoms with Gasteiger partial charge < -0.3 is 25.0 Å². The predicted octanol–water partition coefficient (Wildman–Crippen LogP) is 6.36. The molecule has 0 heterocycles. The second-order valence-corrected chi connectivity index (χ2v) is 10.4. The highest BCUT2D eigenvalue weighted by molar-refractivity contribution is 6.10. The van der Waals surface area contributed by atoms with Crippen LogP contribution in [0.2, 0.25) is 0 Å². The number of carbonyl (C=O) groups excluding carboxylic acids is 1. The van der Waals surface area contributed by atoms with E-state index in [2.05, 4.69) is 10.8 Å². The molecule has 0 spiro atoms. The molecule has 0 bridgehead atoms. The van der Waals surface area contributed by atoms with Gasteiger partial charge in [0.1, 0.15) is 18.1 Å². The highest BCUT2D eigenvalue weighted by atomic mass is 16.6. The largest absolute Gasteiger partial charge is 0.493 e. The molecular formula is C33H32N2O8. The fourth-order valence-electron chi connectivity index (χ4n) is 3.97. The molecule has 0 aliphatic heterocycles. The summed E-state index contributed by atoms with van der Waals surface area (Å²) in [5.74, 6) is -1.41. The summed E-state index contributed by atoms with van der Waals surface area (Å²) in [6.45, 7) is 4.88. The summed E-state index contributed by atoms with van der Waals surface area (Å²) in [6.07, 6.45) is 0. The highest BCUT2D eigenvalue weighted by Gasteiger charge is 2.21. The molecule has 10 heteroatoms. The van der Waals surface area contributed by atoms with Gasteiger partial charge in [-0.3, -0.25) is 15.1 Å². The van der Waals surface area contributed by atoms with Gasteiger partial charge in [-0.15, -0.1) is 0 Å². The van der Waals surface area contributed by atoms with Crippen LogP contribution in [0.1, 0.15) is 50.5 Å². The van der Waals surface area contributed by atoms with Crippen molar-refractivity contribution in [1.29, 1.82) is 0 Å². The summed E-state index contributed by atoms with van der Waals surface area (Å²) in [5.41, 5.74) is 4.45. The zero-order chi connectivity index (χ0) is 30.8. The van der Waals surface area contributed by atoms with Crippen molar-refractivity contribution in [3.8, 4) is 11.5 Å². The second kappa shape index (κ2) is 14.0. The Balaban J connectivity index is 1.21. The smallest absolute Gasteiger partial charge is 0.336 e. The van der Waals surface area contributed by atoms with Crippen LogP contribution in [0, 0.1) is 5.41 Å². The summed E-state index contributed by atoms with van der Waals surface area (Å²) in [6, 6.07) is 26.7. The maximum atomic E-state index is 12.6. The van der Waals surface area contributed by atoms with Crippen LogP contribution in [0.3, 0.4) is 0 Å². The molecule has 43 heavy (non-hydrogen) atoms. The SMILES string of the molecule is CC(C)(COc1ccc(NOCc2ccccc2C(=O)O)cc1)COc1ccc(NC(=O)c2ccccc2C(=O)O)cc1. The minimum absolute atomic E-state index is 0.0671. The Kier molecular flexibility index (Phi) is 9.98. The van der Waals surface area contributed by atoms with Gasteiger partial charge in [0.2, 0.25) is 0 Å². The van der Waals surface area contributed by atoms with Crippen molar-refractivity contribution < 1.29 is 38.9 Å². The number of carboxylic acid groups (broad SMARTS) is 2. The van der Waals surface area contributed by atoms with Crippen molar-refractivity contribution in [2.24, 2.45) is 5.41 Å². The number of amides is 1. The van der Waals surface area contributed by atoms with Gasteiger partial charge in [0.25, 0.3) is 5.91 Å². The van der Waals surface area contributed by atoms with Gasteiger partial charge in [-0.2, -0.15) is 0 Å². The molecule has 4 aromatic carbocycles. The maximum Gasteiger partial charge on any atom is 0.336 e. The maximum absolute atomic E-state index is 12.6. The van der Waals surface area contributed by atoms with Crippen LogP contribution in [-0.4, -0.2) is 41.3 Å². The minimum atomic E-state index is -1.17. The summed E-state index contributed by atoms with van der Waals surface area (Å²) in [4.78, 5) is 40.8. The summed E-state index contributed by atoms with van der Waals surface area (Å²) in [5, 5.41) is 21.3. The van der Waals surface area contributed by atoms with Crippen LogP contribution in [0.5, 0.6) is 11.5 Å². The van der Waals surface area contributed by atoms with Crippen LogP contribution in [0.25, 0.3) is 0 Å². The van der Waals surface area contributed by atoms with Gasteiger partial charge >= 0.3 is 11.9 Å². The molecule has 222 valence electrons. The molecule has 0 saturated carbocycles. The molecule has 0 saturated heterocycles. The van der Waals surface area contributed by atoms with E-state index >= 15 is 0 Å². The van der Waals surface area contributed by atoms with Gasteiger partial charge in [-0.25, -0.2) is 9.59 Å². The first kappa shape index (κ1) is 30.6. The minimum Gasteiger partial charge on any atom is -0.493 e. The van der Waals surface area contributed by atoms with Gasteiger partial charge in [0.05, 0.1) is 35.6 Å². The number of anilines is 2. The van der Waals surface area contributed by atoms with Crippen molar-refractivity contribution in [1.82, 2.24) is 0 Å². The summed E-state index contributed by atoms with van der Waals surface area (Å²) >= 11 is 0. The lowest BCUT2D eigenvalue weighted by atomic mass is 9.96. The quantitative estimate of drug-likeness (QED) is 0.124. The van der Waals surface area contributed by atoms with E-state index in [1.807, 2.05) is 13.8 Å². The number of rotatable bonds is 14.